The number of halogens is 1. The van der Waals surface area contributed by atoms with Gasteiger partial charge in [-0.2, -0.15) is 5.26 Å². The van der Waals surface area contributed by atoms with E-state index in [0.29, 0.717) is 23.1 Å². The van der Waals surface area contributed by atoms with Crippen LogP contribution in [0.25, 0.3) is 5.69 Å². The molecule has 0 fully saturated rings. The van der Waals surface area contributed by atoms with Gasteiger partial charge in [0.15, 0.2) is 0 Å². The Hall–Kier alpha value is -3.71. The molecule has 0 saturated heterocycles. The largest absolute Gasteiger partial charge is 0.295 e. The summed E-state index contributed by atoms with van der Waals surface area (Å²) < 4.78 is 14.3. The number of nitrogens with zero attached hydrogens (tertiary/aromatic N) is 4. The summed E-state index contributed by atoms with van der Waals surface area (Å²) in [6.45, 7) is 1.68. The number of thioether (sulfide) groups is 1. The van der Waals surface area contributed by atoms with Gasteiger partial charge in [-0.15, -0.1) is 0 Å². The van der Waals surface area contributed by atoms with Crippen LogP contribution in [0.15, 0.2) is 57.1 Å². The van der Waals surface area contributed by atoms with Crippen LogP contribution in [0, 0.1) is 33.5 Å². The highest BCUT2D eigenvalue weighted by Gasteiger charge is 2.15. The smallest absolute Gasteiger partial charge is 0.286 e. The third-order valence-electron chi connectivity index (χ3n) is 3.84. The minimum atomic E-state index is -0.595. The van der Waals surface area contributed by atoms with Gasteiger partial charge in [-0.1, -0.05) is 0 Å². The Morgan fingerprint density at radius 3 is 2.68 bits per heavy atom. The predicted molar refractivity (Wildman–Crippen MR) is 103 cm³/mol. The molecule has 28 heavy (non-hydrogen) atoms. The van der Waals surface area contributed by atoms with Crippen LogP contribution in [0.5, 0.6) is 0 Å². The number of aliphatic imine (C=N–C) groups is 1. The summed E-state index contributed by atoms with van der Waals surface area (Å²) in [5, 5.41) is 24.6. The zero-order valence-electron chi connectivity index (χ0n) is 14.4. The van der Waals surface area contributed by atoms with Gasteiger partial charge < -0.3 is 0 Å². The molecular formula is C18H12FN5O3S. The van der Waals surface area contributed by atoms with Crippen molar-refractivity contribution >= 4 is 29.4 Å². The van der Waals surface area contributed by atoms with Gasteiger partial charge in [0.1, 0.15) is 16.1 Å². The molecule has 1 N–H and O–H groups in total. The molecule has 10 heteroatoms. The number of aromatic amines is 1. The van der Waals surface area contributed by atoms with E-state index in [1.807, 2.05) is 0 Å². The second-order valence-electron chi connectivity index (χ2n) is 5.63. The Balaban J connectivity index is 1.96. The van der Waals surface area contributed by atoms with Crippen molar-refractivity contribution in [1.29, 1.82) is 5.26 Å². The van der Waals surface area contributed by atoms with E-state index in [1.54, 1.807) is 12.3 Å². The average molecular weight is 397 g/mol. The number of H-pyrrole nitrogens is 1. The first kappa shape index (κ1) is 19.1. The van der Waals surface area contributed by atoms with Crippen molar-refractivity contribution in [2.24, 2.45) is 4.99 Å². The fraction of sp³-hybridized carbons (Fsp3) is 0.0556. The highest BCUT2D eigenvalue weighted by Crippen LogP contribution is 2.32. The number of aryl methyl sites for hydroxylation is 1. The van der Waals surface area contributed by atoms with E-state index in [1.165, 1.54) is 53.4 Å². The summed E-state index contributed by atoms with van der Waals surface area (Å²) in [5.74, 6) is -0.415. The molecule has 0 atom stereocenters. The number of aromatic nitrogens is 2. The van der Waals surface area contributed by atoms with Gasteiger partial charge >= 0.3 is 0 Å². The summed E-state index contributed by atoms with van der Waals surface area (Å²) in [7, 11) is 0. The average Bonchev–Trinajstić information content (AvgIpc) is 2.95. The number of nitro benzene ring substituents is 1. The Morgan fingerprint density at radius 1 is 1.32 bits per heavy atom. The second kappa shape index (κ2) is 7.89. The number of nitriles is 1. The normalized spacial score (nSPS) is 10.9. The molecule has 0 aliphatic carbocycles. The molecule has 1 aromatic heterocycles. The van der Waals surface area contributed by atoms with Crippen LogP contribution in [0.1, 0.15) is 11.3 Å². The number of thiocyanates is 1. The van der Waals surface area contributed by atoms with Gasteiger partial charge in [0.2, 0.25) is 0 Å². The summed E-state index contributed by atoms with van der Waals surface area (Å²) in [6.07, 6.45) is 1.31. The monoisotopic (exact) mass is 397 g/mol. The van der Waals surface area contributed by atoms with Crippen LogP contribution < -0.4 is 5.56 Å². The lowest BCUT2D eigenvalue weighted by Crippen LogP contribution is -2.17. The molecule has 8 nitrogen and oxygen atoms in total. The summed E-state index contributed by atoms with van der Waals surface area (Å²) in [6, 6.07) is 9.59. The maximum atomic E-state index is 13.1. The molecule has 0 bridgehead atoms. The number of nitrogens with one attached hydrogen (secondary N) is 1. The van der Waals surface area contributed by atoms with E-state index in [-0.39, 0.29) is 27.4 Å². The van der Waals surface area contributed by atoms with Gasteiger partial charge in [-0.25, -0.2) is 9.07 Å². The van der Waals surface area contributed by atoms with Gasteiger partial charge in [0.25, 0.3) is 11.2 Å². The number of benzene rings is 2. The molecule has 0 radical (unpaired) electrons. The molecule has 0 saturated carbocycles. The van der Waals surface area contributed by atoms with E-state index in [0.717, 1.165) is 0 Å². The van der Waals surface area contributed by atoms with E-state index < -0.39 is 10.7 Å². The molecule has 3 aromatic rings. The van der Waals surface area contributed by atoms with Crippen LogP contribution in [0.2, 0.25) is 0 Å². The van der Waals surface area contributed by atoms with Crippen molar-refractivity contribution in [3.63, 3.8) is 0 Å². The van der Waals surface area contributed by atoms with Gasteiger partial charge in [0.05, 0.1) is 21.9 Å². The van der Waals surface area contributed by atoms with Crippen molar-refractivity contribution in [2.75, 3.05) is 0 Å². The fourth-order valence-corrected chi connectivity index (χ4v) is 2.96. The Morgan fingerprint density at radius 2 is 2.04 bits per heavy atom. The maximum Gasteiger partial charge on any atom is 0.286 e. The molecule has 140 valence electrons. The van der Waals surface area contributed by atoms with Crippen molar-refractivity contribution in [3.8, 4) is 11.1 Å². The summed E-state index contributed by atoms with van der Waals surface area (Å²) in [4.78, 5) is 27.5. The zero-order valence-corrected chi connectivity index (χ0v) is 15.2. The molecule has 1 heterocycles. The molecule has 0 spiro atoms. The first-order chi connectivity index (χ1) is 13.4. The van der Waals surface area contributed by atoms with E-state index in [9.17, 15) is 19.3 Å². The van der Waals surface area contributed by atoms with Gasteiger partial charge in [0, 0.05) is 18.0 Å². The first-order valence-electron chi connectivity index (χ1n) is 7.86. The number of rotatable bonds is 5. The van der Waals surface area contributed by atoms with Crippen molar-refractivity contribution < 1.29 is 9.31 Å². The maximum absolute atomic E-state index is 13.1. The minimum absolute atomic E-state index is 0.211. The first-order valence-corrected chi connectivity index (χ1v) is 8.68. The highest BCUT2D eigenvalue weighted by molar-refractivity contribution is 8.03. The molecule has 0 aliphatic rings. The third-order valence-corrected chi connectivity index (χ3v) is 4.50. The second-order valence-corrected chi connectivity index (χ2v) is 6.45. The lowest BCUT2D eigenvalue weighted by molar-refractivity contribution is -0.387. The summed E-state index contributed by atoms with van der Waals surface area (Å²) in [5.41, 5.74) is 0.895. The Bertz CT molecular complexity index is 1180. The Labute approximate surface area is 162 Å². The lowest BCUT2D eigenvalue weighted by atomic mass is 10.2. The van der Waals surface area contributed by atoms with Crippen LogP contribution in [-0.2, 0) is 0 Å². The molecule has 2 aromatic carbocycles. The van der Waals surface area contributed by atoms with E-state index in [2.05, 4.69) is 10.1 Å². The van der Waals surface area contributed by atoms with Crippen LogP contribution in [0.3, 0.4) is 0 Å². The topological polar surface area (TPSA) is 117 Å². The van der Waals surface area contributed by atoms with E-state index in [4.69, 9.17) is 5.26 Å². The SMILES string of the molecule is Cc1[nH]n(-c2ccc(F)cc2)c(=O)c1C=Nc1ccc(SC#N)c([N+](=O)[O-])c1. The minimum Gasteiger partial charge on any atom is -0.295 e. The fourth-order valence-electron chi connectivity index (χ4n) is 2.49. The predicted octanol–water partition coefficient (Wildman–Crippen LogP) is 3.85. The van der Waals surface area contributed by atoms with Gasteiger partial charge in [-0.05, 0) is 55.1 Å². The van der Waals surface area contributed by atoms with Crippen molar-refractivity contribution in [3.05, 3.63) is 80.0 Å². The quantitative estimate of drug-likeness (QED) is 0.231. The number of nitro groups is 1. The number of hydrogen-bond acceptors (Lipinski definition) is 6. The number of hydrogen-bond donors (Lipinski definition) is 1. The van der Waals surface area contributed by atoms with Crippen LogP contribution >= 0.6 is 11.8 Å². The van der Waals surface area contributed by atoms with Crippen LogP contribution in [0.4, 0.5) is 15.8 Å². The van der Waals surface area contributed by atoms with Crippen molar-refractivity contribution in [1.82, 2.24) is 9.78 Å². The lowest BCUT2D eigenvalue weighted by Gasteiger charge is -2.00. The molecule has 3 rings (SSSR count). The Kier molecular flexibility index (Phi) is 5.37. The molecular weight excluding hydrogens is 385 g/mol. The van der Waals surface area contributed by atoms with Crippen LogP contribution in [-0.4, -0.2) is 20.9 Å². The standard InChI is InChI=1S/C18H12FN5O3S/c1-11-15(18(25)23(22-11)14-5-2-12(19)3-6-14)9-21-13-4-7-17(28-10-20)16(8-13)24(26)27/h2-9,22H,1H3. The van der Waals surface area contributed by atoms with Crippen molar-refractivity contribution in [2.45, 2.75) is 11.8 Å². The third kappa shape index (κ3) is 3.84. The zero-order chi connectivity index (χ0) is 20.3. The molecule has 0 aliphatic heterocycles. The molecule has 0 unspecified atom stereocenters. The molecule has 0 amide bonds. The van der Waals surface area contributed by atoms with E-state index >= 15 is 0 Å². The van der Waals surface area contributed by atoms with Gasteiger partial charge in [-0.3, -0.25) is 25.0 Å². The summed E-state index contributed by atoms with van der Waals surface area (Å²) >= 11 is 0.687. The highest BCUT2D eigenvalue weighted by atomic mass is 32.2.